The van der Waals surface area contributed by atoms with E-state index in [0.717, 1.165) is 32.1 Å². The van der Waals surface area contributed by atoms with Crippen LogP contribution in [0.5, 0.6) is 0 Å². The standard InChI is InChI=1S/C31H40O/c1-4-7-8-9-24-10-12-25(13-11-24)14-15-26-16-18-30(28(5-2)22-26)31-19-17-27(20-21-32)23-29(31)6-3/h10-13,16-19,22-23,32H,4-9,14-15,20-21H2,1-3H3. The van der Waals surface area contributed by atoms with Gasteiger partial charge in [0.1, 0.15) is 0 Å². The minimum atomic E-state index is 0.207. The maximum atomic E-state index is 9.27. The normalized spacial score (nSPS) is 11.1. The fourth-order valence-corrected chi connectivity index (χ4v) is 4.59. The van der Waals surface area contributed by atoms with Crippen molar-refractivity contribution in [2.75, 3.05) is 6.61 Å². The SMILES string of the molecule is CCCCCc1ccc(CCc2ccc(-c3ccc(CCO)cc3CC)c(CC)c2)cc1. The molecule has 0 saturated heterocycles. The number of aryl methyl sites for hydroxylation is 5. The van der Waals surface area contributed by atoms with Crippen LogP contribution in [0.3, 0.4) is 0 Å². The van der Waals surface area contributed by atoms with Gasteiger partial charge in [0.2, 0.25) is 0 Å². The smallest absolute Gasteiger partial charge is 0.0471 e. The van der Waals surface area contributed by atoms with Gasteiger partial charge in [-0.3, -0.25) is 0 Å². The highest BCUT2D eigenvalue weighted by molar-refractivity contribution is 5.71. The average molecular weight is 429 g/mol. The molecule has 0 fully saturated rings. The highest BCUT2D eigenvalue weighted by Gasteiger charge is 2.10. The number of benzene rings is 3. The molecule has 1 heteroatoms. The zero-order chi connectivity index (χ0) is 22.8. The van der Waals surface area contributed by atoms with Crippen LogP contribution < -0.4 is 0 Å². The molecule has 3 aromatic carbocycles. The van der Waals surface area contributed by atoms with Crippen molar-refractivity contribution >= 4 is 0 Å². The first-order valence-corrected chi connectivity index (χ1v) is 12.6. The van der Waals surface area contributed by atoms with Crippen LogP contribution in [0.25, 0.3) is 11.1 Å². The summed E-state index contributed by atoms with van der Waals surface area (Å²) in [5.41, 5.74) is 11.1. The molecule has 32 heavy (non-hydrogen) atoms. The monoisotopic (exact) mass is 428 g/mol. The first-order valence-electron chi connectivity index (χ1n) is 12.6. The van der Waals surface area contributed by atoms with Gasteiger partial charge in [0.25, 0.3) is 0 Å². The molecule has 0 saturated carbocycles. The molecule has 0 heterocycles. The van der Waals surface area contributed by atoms with Crippen LogP contribution in [0.15, 0.2) is 60.7 Å². The van der Waals surface area contributed by atoms with Gasteiger partial charge in [-0.15, -0.1) is 0 Å². The molecule has 0 aliphatic rings. The van der Waals surface area contributed by atoms with E-state index in [-0.39, 0.29) is 6.61 Å². The fraction of sp³-hybridized carbons (Fsp3) is 0.419. The third-order valence-corrected chi connectivity index (χ3v) is 6.59. The minimum Gasteiger partial charge on any atom is -0.396 e. The Bertz CT molecular complexity index is 968. The molecule has 0 aromatic heterocycles. The number of unbranched alkanes of at least 4 members (excludes halogenated alkanes) is 2. The van der Waals surface area contributed by atoms with Gasteiger partial charge in [-0.1, -0.05) is 94.3 Å². The third-order valence-electron chi connectivity index (χ3n) is 6.59. The van der Waals surface area contributed by atoms with Gasteiger partial charge < -0.3 is 5.11 Å². The summed E-state index contributed by atoms with van der Waals surface area (Å²) in [5.74, 6) is 0. The van der Waals surface area contributed by atoms with E-state index in [2.05, 4.69) is 81.4 Å². The van der Waals surface area contributed by atoms with E-state index in [1.165, 1.54) is 70.2 Å². The summed E-state index contributed by atoms with van der Waals surface area (Å²) in [5, 5.41) is 9.27. The zero-order valence-electron chi connectivity index (χ0n) is 20.3. The molecule has 0 amide bonds. The van der Waals surface area contributed by atoms with E-state index in [1.54, 1.807) is 0 Å². The van der Waals surface area contributed by atoms with Gasteiger partial charge in [-0.05, 0) is 89.5 Å². The van der Waals surface area contributed by atoms with Crippen LogP contribution in [0, 0.1) is 0 Å². The number of rotatable bonds is 12. The van der Waals surface area contributed by atoms with Gasteiger partial charge in [-0.2, -0.15) is 0 Å². The number of hydrogen-bond donors (Lipinski definition) is 1. The van der Waals surface area contributed by atoms with Crippen molar-refractivity contribution in [3.8, 4) is 11.1 Å². The van der Waals surface area contributed by atoms with E-state index >= 15 is 0 Å². The Kier molecular flexibility index (Phi) is 9.56. The Morgan fingerprint density at radius 1 is 0.531 bits per heavy atom. The molecule has 0 atom stereocenters. The molecule has 0 bridgehead atoms. The van der Waals surface area contributed by atoms with Gasteiger partial charge in [0.05, 0.1) is 0 Å². The maximum Gasteiger partial charge on any atom is 0.0471 e. The van der Waals surface area contributed by atoms with Gasteiger partial charge in [0.15, 0.2) is 0 Å². The quantitative estimate of drug-likeness (QED) is 0.296. The highest BCUT2D eigenvalue weighted by Crippen LogP contribution is 2.30. The fourth-order valence-electron chi connectivity index (χ4n) is 4.59. The molecule has 0 unspecified atom stereocenters. The molecule has 1 nitrogen and oxygen atoms in total. The highest BCUT2D eigenvalue weighted by atomic mass is 16.2. The summed E-state index contributed by atoms with van der Waals surface area (Å²) in [4.78, 5) is 0. The summed E-state index contributed by atoms with van der Waals surface area (Å²) >= 11 is 0. The van der Waals surface area contributed by atoms with Crippen molar-refractivity contribution in [2.24, 2.45) is 0 Å². The molecular weight excluding hydrogens is 388 g/mol. The molecule has 0 radical (unpaired) electrons. The Hall–Kier alpha value is -2.38. The summed E-state index contributed by atoms with van der Waals surface area (Å²) in [6.45, 7) is 6.94. The molecule has 0 aliphatic heterocycles. The van der Waals surface area contributed by atoms with Crippen LogP contribution in [-0.4, -0.2) is 11.7 Å². The van der Waals surface area contributed by atoms with Crippen LogP contribution >= 0.6 is 0 Å². The van der Waals surface area contributed by atoms with E-state index in [9.17, 15) is 5.11 Å². The first kappa shape index (κ1) is 24.3. The third kappa shape index (κ3) is 6.56. The summed E-state index contributed by atoms with van der Waals surface area (Å²) in [7, 11) is 0. The van der Waals surface area contributed by atoms with Gasteiger partial charge in [-0.25, -0.2) is 0 Å². The Morgan fingerprint density at radius 2 is 1.00 bits per heavy atom. The van der Waals surface area contributed by atoms with E-state index < -0.39 is 0 Å². The second-order valence-electron chi connectivity index (χ2n) is 8.94. The van der Waals surface area contributed by atoms with Gasteiger partial charge in [0, 0.05) is 6.61 Å². The molecule has 0 aliphatic carbocycles. The van der Waals surface area contributed by atoms with Crippen molar-refractivity contribution in [1.29, 1.82) is 0 Å². The van der Waals surface area contributed by atoms with Crippen LogP contribution in [-0.2, 0) is 38.5 Å². The molecule has 3 rings (SSSR count). The Balaban J connectivity index is 1.70. The van der Waals surface area contributed by atoms with Crippen LogP contribution in [0.4, 0.5) is 0 Å². The lowest BCUT2D eigenvalue weighted by atomic mass is 9.89. The summed E-state index contributed by atoms with van der Waals surface area (Å²) in [6, 6.07) is 23.0. The lowest BCUT2D eigenvalue weighted by molar-refractivity contribution is 0.299. The second kappa shape index (κ2) is 12.6. The zero-order valence-corrected chi connectivity index (χ0v) is 20.3. The Labute approximate surface area is 195 Å². The molecule has 3 aromatic rings. The summed E-state index contributed by atoms with van der Waals surface area (Å²) < 4.78 is 0. The van der Waals surface area contributed by atoms with E-state index in [0.29, 0.717) is 0 Å². The summed E-state index contributed by atoms with van der Waals surface area (Å²) in [6.07, 6.45) is 10.1. The molecule has 170 valence electrons. The minimum absolute atomic E-state index is 0.207. The number of aliphatic hydroxyl groups excluding tert-OH is 1. The predicted octanol–water partition coefficient (Wildman–Crippen LogP) is 7.53. The lowest BCUT2D eigenvalue weighted by Gasteiger charge is -2.15. The van der Waals surface area contributed by atoms with Crippen molar-refractivity contribution in [2.45, 2.75) is 78.6 Å². The molecule has 0 spiro atoms. The van der Waals surface area contributed by atoms with Crippen LogP contribution in [0.1, 0.15) is 73.4 Å². The predicted molar refractivity (Wildman–Crippen MR) is 139 cm³/mol. The lowest BCUT2D eigenvalue weighted by Crippen LogP contribution is -1.98. The van der Waals surface area contributed by atoms with Crippen molar-refractivity contribution in [3.05, 3.63) is 94.0 Å². The number of aliphatic hydroxyl groups is 1. The molecule has 1 N–H and O–H groups in total. The topological polar surface area (TPSA) is 20.2 Å². The average Bonchev–Trinajstić information content (AvgIpc) is 2.83. The van der Waals surface area contributed by atoms with Crippen LogP contribution in [0.2, 0.25) is 0 Å². The second-order valence-corrected chi connectivity index (χ2v) is 8.94. The van der Waals surface area contributed by atoms with Crippen molar-refractivity contribution in [3.63, 3.8) is 0 Å². The first-order chi connectivity index (χ1) is 15.7. The Morgan fingerprint density at radius 3 is 1.50 bits per heavy atom. The maximum absolute atomic E-state index is 9.27. The largest absolute Gasteiger partial charge is 0.396 e. The molecular formula is C31H40O. The van der Waals surface area contributed by atoms with Gasteiger partial charge >= 0.3 is 0 Å². The van der Waals surface area contributed by atoms with Crippen molar-refractivity contribution < 1.29 is 5.11 Å². The van der Waals surface area contributed by atoms with E-state index in [4.69, 9.17) is 0 Å². The van der Waals surface area contributed by atoms with Crippen molar-refractivity contribution in [1.82, 2.24) is 0 Å². The van der Waals surface area contributed by atoms with E-state index in [1.807, 2.05) is 0 Å². The number of hydrogen-bond acceptors (Lipinski definition) is 1.